The average molecular weight is 354 g/mol. The van der Waals surface area contributed by atoms with Crippen molar-refractivity contribution in [3.8, 4) is 11.1 Å². The van der Waals surface area contributed by atoms with Crippen LogP contribution in [0.4, 0.5) is 10.5 Å². The third-order valence-corrected chi connectivity index (χ3v) is 4.54. The van der Waals surface area contributed by atoms with Gasteiger partial charge in [-0.25, -0.2) is 9.59 Å². The van der Waals surface area contributed by atoms with Gasteiger partial charge in [0.05, 0.1) is 0 Å². The van der Waals surface area contributed by atoms with E-state index in [1.54, 1.807) is 12.1 Å². The summed E-state index contributed by atoms with van der Waals surface area (Å²) in [6.07, 6.45) is 1.26. The van der Waals surface area contributed by atoms with Gasteiger partial charge in [-0.1, -0.05) is 42.5 Å². The van der Waals surface area contributed by atoms with Crippen molar-refractivity contribution in [1.29, 1.82) is 0 Å². The molecule has 136 valence electrons. The van der Waals surface area contributed by atoms with Crippen molar-refractivity contribution in [1.82, 2.24) is 5.32 Å². The summed E-state index contributed by atoms with van der Waals surface area (Å²) in [6, 6.07) is 15.9. The minimum Gasteiger partial charge on any atom is -0.480 e. The first-order valence-electron chi connectivity index (χ1n) is 8.67. The predicted octanol–water partition coefficient (Wildman–Crippen LogP) is 3.35. The van der Waals surface area contributed by atoms with E-state index in [-0.39, 0.29) is 5.92 Å². The molecule has 0 bridgehead atoms. The Morgan fingerprint density at radius 1 is 0.962 bits per heavy atom. The SMILES string of the molecule is O=C(Nc1ccc(-c2ccccc2)cc1)N[C@@H](C(=O)O)C1CCOCC1. The molecule has 0 radical (unpaired) electrons. The number of benzene rings is 2. The summed E-state index contributed by atoms with van der Waals surface area (Å²) < 4.78 is 5.26. The topological polar surface area (TPSA) is 87.7 Å². The van der Waals surface area contributed by atoms with Crippen LogP contribution >= 0.6 is 0 Å². The van der Waals surface area contributed by atoms with Gasteiger partial charge in [0.25, 0.3) is 0 Å². The number of carbonyl (C=O) groups excluding carboxylic acids is 1. The van der Waals surface area contributed by atoms with Crippen molar-refractivity contribution in [2.45, 2.75) is 18.9 Å². The summed E-state index contributed by atoms with van der Waals surface area (Å²) in [7, 11) is 0. The number of hydrogen-bond acceptors (Lipinski definition) is 3. The molecule has 0 aromatic heterocycles. The maximum Gasteiger partial charge on any atom is 0.326 e. The van der Waals surface area contributed by atoms with Gasteiger partial charge in [-0.05, 0) is 42.0 Å². The summed E-state index contributed by atoms with van der Waals surface area (Å²) in [4.78, 5) is 23.7. The molecule has 2 amide bonds. The fraction of sp³-hybridized carbons (Fsp3) is 0.300. The number of carboxylic acids is 1. The molecular weight excluding hydrogens is 332 g/mol. The van der Waals surface area contributed by atoms with E-state index >= 15 is 0 Å². The van der Waals surface area contributed by atoms with Crippen LogP contribution in [0.1, 0.15) is 12.8 Å². The highest BCUT2D eigenvalue weighted by molar-refractivity contribution is 5.92. The van der Waals surface area contributed by atoms with Gasteiger partial charge in [-0.15, -0.1) is 0 Å². The zero-order valence-electron chi connectivity index (χ0n) is 14.4. The number of ether oxygens (including phenoxy) is 1. The van der Waals surface area contributed by atoms with Crippen LogP contribution in [0, 0.1) is 5.92 Å². The van der Waals surface area contributed by atoms with Gasteiger partial charge in [0, 0.05) is 18.9 Å². The molecule has 2 aromatic carbocycles. The molecule has 3 rings (SSSR count). The summed E-state index contributed by atoms with van der Waals surface area (Å²) in [5.41, 5.74) is 2.74. The predicted molar refractivity (Wildman–Crippen MR) is 99.0 cm³/mol. The van der Waals surface area contributed by atoms with Crippen LogP contribution < -0.4 is 10.6 Å². The number of aliphatic carboxylic acids is 1. The van der Waals surface area contributed by atoms with Crippen molar-refractivity contribution in [3.63, 3.8) is 0 Å². The molecule has 1 heterocycles. The Bertz CT molecular complexity index is 740. The maximum absolute atomic E-state index is 12.2. The van der Waals surface area contributed by atoms with E-state index < -0.39 is 18.0 Å². The lowest BCUT2D eigenvalue weighted by Gasteiger charge is -2.28. The highest BCUT2D eigenvalue weighted by Gasteiger charge is 2.31. The smallest absolute Gasteiger partial charge is 0.326 e. The number of amides is 2. The highest BCUT2D eigenvalue weighted by Crippen LogP contribution is 2.22. The minimum absolute atomic E-state index is 0.118. The Hall–Kier alpha value is -2.86. The van der Waals surface area contributed by atoms with E-state index in [1.165, 1.54) is 0 Å². The lowest BCUT2D eigenvalue weighted by atomic mass is 9.92. The van der Waals surface area contributed by atoms with Crippen LogP contribution in [0.15, 0.2) is 54.6 Å². The molecule has 26 heavy (non-hydrogen) atoms. The van der Waals surface area contributed by atoms with Gasteiger partial charge in [-0.3, -0.25) is 0 Å². The molecule has 1 aliphatic rings. The zero-order chi connectivity index (χ0) is 18.4. The number of carbonyl (C=O) groups is 2. The summed E-state index contributed by atoms with van der Waals surface area (Å²) >= 11 is 0. The largest absolute Gasteiger partial charge is 0.480 e. The number of anilines is 1. The molecule has 2 aromatic rings. The van der Waals surface area contributed by atoms with E-state index in [4.69, 9.17) is 4.74 Å². The second kappa shape index (κ2) is 8.49. The van der Waals surface area contributed by atoms with Crippen molar-refractivity contribution in [3.05, 3.63) is 54.6 Å². The van der Waals surface area contributed by atoms with Crippen molar-refractivity contribution < 1.29 is 19.4 Å². The molecule has 0 aliphatic carbocycles. The molecular formula is C20H22N2O4. The quantitative estimate of drug-likeness (QED) is 0.768. The molecule has 1 aliphatic heterocycles. The van der Waals surface area contributed by atoms with Crippen LogP contribution in [-0.2, 0) is 9.53 Å². The first-order chi connectivity index (χ1) is 12.6. The normalized spacial score (nSPS) is 15.8. The highest BCUT2D eigenvalue weighted by atomic mass is 16.5. The van der Waals surface area contributed by atoms with Gasteiger partial charge < -0.3 is 20.5 Å². The summed E-state index contributed by atoms with van der Waals surface area (Å²) in [5.74, 6) is -1.14. The van der Waals surface area contributed by atoms with Crippen molar-refractivity contribution >= 4 is 17.7 Å². The lowest BCUT2D eigenvalue weighted by Crippen LogP contribution is -2.48. The molecule has 1 fully saturated rings. The Kier molecular flexibility index (Phi) is 5.86. The van der Waals surface area contributed by atoms with Crippen LogP contribution in [0.3, 0.4) is 0 Å². The van der Waals surface area contributed by atoms with E-state index in [0.717, 1.165) is 11.1 Å². The van der Waals surface area contributed by atoms with Crippen molar-refractivity contribution in [2.24, 2.45) is 5.92 Å². The van der Waals surface area contributed by atoms with Crippen LogP contribution in [-0.4, -0.2) is 36.4 Å². The Morgan fingerprint density at radius 3 is 2.19 bits per heavy atom. The molecule has 6 nitrogen and oxygen atoms in total. The second-order valence-electron chi connectivity index (χ2n) is 6.31. The Balaban J connectivity index is 1.60. The van der Waals surface area contributed by atoms with Gasteiger partial charge >= 0.3 is 12.0 Å². The second-order valence-corrected chi connectivity index (χ2v) is 6.31. The zero-order valence-corrected chi connectivity index (χ0v) is 14.4. The monoisotopic (exact) mass is 354 g/mol. The fourth-order valence-corrected chi connectivity index (χ4v) is 3.12. The van der Waals surface area contributed by atoms with E-state index in [1.807, 2.05) is 42.5 Å². The lowest BCUT2D eigenvalue weighted by molar-refractivity contribution is -0.141. The molecule has 1 saturated heterocycles. The standard InChI is InChI=1S/C20H22N2O4/c23-19(24)18(16-10-12-26-13-11-16)22-20(25)21-17-8-6-15(7-9-17)14-4-2-1-3-5-14/h1-9,16,18H,10-13H2,(H,23,24)(H2,21,22,25)/t18-/m1/s1. The number of hydrogen-bond donors (Lipinski definition) is 3. The molecule has 0 unspecified atom stereocenters. The van der Waals surface area contributed by atoms with Gasteiger partial charge in [0.1, 0.15) is 6.04 Å². The van der Waals surface area contributed by atoms with E-state index in [9.17, 15) is 14.7 Å². The number of urea groups is 1. The third kappa shape index (κ3) is 4.61. The molecule has 6 heteroatoms. The average Bonchev–Trinajstić information content (AvgIpc) is 2.68. The molecule has 0 spiro atoms. The maximum atomic E-state index is 12.2. The number of carboxylic acid groups (broad SMARTS) is 1. The number of nitrogens with one attached hydrogen (secondary N) is 2. The molecule has 1 atom stereocenters. The first-order valence-corrected chi connectivity index (χ1v) is 8.67. The summed E-state index contributed by atoms with van der Waals surface area (Å²) in [6.45, 7) is 1.05. The fourth-order valence-electron chi connectivity index (χ4n) is 3.12. The van der Waals surface area contributed by atoms with Crippen LogP contribution in [0.2, 0.25) is 0 Å². The molecule has 0 saturated carbocycles. The Labute approximate surface area is 152 Å². The van der Waals surface area contributed by atoms with E-state index in [0.29, 0.717) is 31.7 Å². The van der Waals surface area contributed by atoms with Gasteiger partial charge in [0.2, 0.25) is 0 Å². The van der Waals surface area contributed by atoms with Gasteiger partial charge in [-0.2, -0.15) is 0 Å². The minimum atomic E-state index is -1.02. The first kappa shape index (κ1) is 17.9. The summed E-state index contributed by atoms with van der Waals surface area (Å²) in [5, 5.41) is 14.7. The third-order valence-electron chi connectivity index (χ3n) is 4.54. The van der Waals surface area contributed by atoms with Crippen molar-refractivity contribution in [2.75, 3.05) is 18.5 Å². The Morgan fingerprint density at radius 2 is 1.58 bits per heavy atom. The molecule has 3 N–H and O–H groups in total. The van der Waals surface area contributed by atoms with Crippen LogP contribution in [0.25, 0.3) is 11.1 Å². The van der Waals surface area contributed by atoms with Gasteiger partial charge in [0.15, 0.2) is 0 Å². The van der Waals surface area contributed by atoms with E-state index in [2.05, 4.69) is 10.6 Å². The van der Waals surface area contributed by atoms with Crippen LogP contribution in [0.5, 0.6) is 0 Å². The number of rotatable bonds is 5.